The molecule has 0 aliphatic carbocycles. The highest BCUT2D eigenvalue weighted by molar-refractivity contribution is 7.96. The first-order chi connectivity index (χ1) is 6.50. The van der Waals surface area contributed by atoms with Crippen molar-refractivity contribution in [2.75, 3.05) is 18.3 Å². The number of carbonyl (C=O) groups is 1. The molecule has 1 rings (SSSR count). The van der Waals surface area contributed by atoms with Crippen molar-refractivity contribution in [1.29, 1.82) is 0 Å². The summed E-state index contributed by atoms with van der Waals surface area (Å²) in [5, 5.41) is 0. The van der Waals surface area contributed by atoms with E-state index in [-0.39, 0.29) is 22.2 Å². The molecular weight excluding hydrogens is 206 g/mol. The van der Waals surface area contributed by atoms with Gasteiger partial charge in [-0.05, 0) is 23.0 Å². The Kier molecular flexibility index (Phi) is 3.63. The summed E-state index contributed by atoms with van der Waals surface area (Å²) in [6.45, 7) is 0. The molecule has 0 N–H and O–H groups in total. The average molecular weight is 217 g/mol. The number of benzene rings is 1. The van der Waals surface area contributed by atoms with E-state index in [1.807, 2.05) is 12.5 Å². The third-order valence-electron chi connectivity index (χ3n) is 1.65. The Morgan fingerprint density at radius 2 is 2.00 bits per heavy atom. The van der Waals surface area contributed by atoms with E-state index in [0.717, 1.165) is 12.1 Å². The second-order valence-corrected chi connectivity index (χ2v) is 5.44. The highest BCUT2D eigenvalue weighted by Crippen LogP contribution is 2.10. The molecule has 0 atom stereocenters. The van der Waals surface area contributed by atoms with Crippen molar-refractivity contribution in [2.45, 2.75) is 0 Å². The molecule has 1 aromatic rings. The van der Waals surface area contributed by atoms with Crippen LogP contribution in [0.1, 0.15) is 10.4 Å². The molecule has 1 aromatic carbocycles. The lowest BCUT2D eigenvalue weighted by atomic mass is 10.1. The van der Waals surface area contributed by atoms with Crippen LogP contribution in [0.2, 0.25) is 0 Å². The molecule has 0 aromatic heterocycles. The van der Waals surface area contributed by atoms with Gasteiger partial charge in [0.15, 0.2) is 5.75 Å². The van der Waals surface area contributed by atoms with Gasteiger partial charge in [-0.25, -0.2) is 8.78 Å². The summed E-state index contributed by atoms with van der Waals surface area (Å²) in [5.41, 5.74) is -0.0207. The van der Waals surface area contributed by atoms with E-state index in [4.69, 9.17) is 0 Å². The van der Waals surface area contributed by atoms with E-state index in [1.54, 1.807) is 0 Å². The molecule has 14 heavy (non-hydrogen) atoms. The lowest BCUT2D eigenvalue weighted by molar-refractivity contribution is 0.101. The van der Waals surface area contributed by atoms with E-state index < -0.39 is 11.6 Å². The van der Waals surface area contributed by atoms with Crippen molar-refractivity contribution in [1.82, 2.24) is 0 Å². The Morgan fingerprint density at radius 3 is 2.50 bits per heavy atom. The van der Waals surface area contributed by atoms with Crippen LogP contribution < -0.4 is 0 Å². The number of Topliss-reactive ketones (excluding diaryl/α,β-unsaturated/α-hetero) is 1. The van der Waals surface area contributed by atoms with E-state index in [0.29, 0.717) is 5.75 Å². The normalized spacial score (nSPS) is 10.6. The molecular formula is C10H11F2OS+. The number of ketones is 1. The monoisotopic (exact) mass is 217 g/mol. The minimum absolute atomic E-state index is 0.0207. The fourth-order valence-corrected chi connectivity index (χ4v) is 1.74. The van der Waals surface area contributed by atoms with Crippen LogP contribution in [0, 0.1) is 11.6 Å². The molecule has 0 aliphatic rings. The standard InChI is InChI=1S/C10H11F2OS/c1-14(2)6-10(13)8-4-3-7(11)5-9(8)12/h3-5H,6H2,1-2H3/q+1. The Hall–Kier alpha value is -0.900. The second kappa shape index (κ2) is 4.55. The minimum Gasteiger partial charge on any atom is -0.289 e. The fraction of sp³-hybridized carbons (Fsp3) is 0.300. The van der Waals surface area contributed by atoms with Crippen LogP contribution in [0.15, 0.2) is 18.2 Å². The molecule has 0 saturated heterocycles. The van der Waals surface area contributed by atoms with Crippen LogP contribution >= 0.6 is 0 Å². The lowest BCUT2D eigenvalue weighted by Crippen LogP contribution is -2.15. The molecule has 0 unspecified atom stereocenters. The van der Waals surface area contributed by atoms with Gasteiger partial charge in [-0.1, -0.05) is 0 Å². The third kappa shape index (κ3) is 2.80. The molecule has 0 aliphatic heterocycles. The summed E-state index contributed by atoms with van der Waals surface area (Å²) in [7, 11) is -0.0697. The SMILES string of the molecule is C[S+](C)CC(=O)c1ccc(F)cc1F. The van der Waals surface area contributed by atoms with Crippen LogP contribution in [0.4, 0.5) is 8.78 Å². The van der Waals surface area contributed by atoms with E-state index in [2.05, 4.69) is 0 Å². The van der Waals surface area contributed by atoms with Gasteiger partial charge in [0, 0.05) is 6.07 Å². The largest absolute Gasteiger partial charge is 0.289 e. The zero-order valence-electron chi connectivity index (χ0n) is 8.01. The van der Waals surface area contributed by atoms with Crippen LogP contribution in [-0.4, -0.2) is 24.0 Å². The van der Waals surface area contributed by atoms with Gasteiger partial charge in [0.05, 0.1) is 18.1 Å². The van der Waals surface area contributed by atoms with Gasteiger partial charge in [0.2, 0.25) is 5.78 Å². The smallest absolute Gasteiger partial charge is 0.214 e. The van der Waals surface area contributed by atoms with Gasteiger partial charge in [0.1, 0.15) is 11.6 Å². The number of carbonyl (C=O) groups excluding carboxylic acids is 1. The Labute approximate surface area is 84.5 Å². The summed E-state index contributed by atoms with van der Waals surface area (Å²) in [6, 6.07) is 3.02. The summed E-state index contributed by atoms with van der Waals surface area (Å²) in [6.07, 6.45) is 3.80. The number of hydrogen-bond acceptors (Lipinski definition) is 1. The molecule has 1 nitrogen and oxygen atoms in total. The maximum atomic E-state index is 13.1. The maximum Gasteiger partial charge on any atom is 0.214 e. The van der Waals surface area contributed by atoms with E-state index in [9.17, 15) is 13.6 Å². The zero-order chi connectivity index (χ0) is 10.7. The lowest BCUT2D eigenvalue weighted by Gasteiger charge is -2.00. The molecule has 0 saturated carbocycles. The van der Waals surface area contributed by atoms with Crippen LogP contribution in [-0.2, 0) is 10.9 Å². The Bertz CT molecular complexity index is 350. The summed E-state index contributed by atoms with van der Waals surface area (Å²) >= 11 is 0. The predicted molar refractivity (Wildman–Crippen MR) is 54.8 cm³/mol. The highest BCUT2D eigenvalue weighted by Gasteiger charge is 2.17. The van der Waals surface area contributed by atoms with Gasteiger partial charge in [0.25, 0.3) is 0 Å². The quantitative estimate of drug-likeness (QED) is 0.559. The van der Waals surface area contributed by atoms with Gasteiger partial charge in [-0.2, -0.15) is 0 Å². The van der Waals surface area contributed by atoms with Crippen molar-refractivity contribution in [3.63, 3.8) is 0 Å². The molecule has 0 heterocycles. The summed E-state index contributed by atoms with van der Waals surface area (Å²) in [5.74, 6) is -1.40. The zero-order valence-corrected chi connectivity index (χ0v) is 8.83. The van der Waals surface area contributed by atoms with Crippen molar-refractivity contribution in [2.24, 2.45) is 0 Å². The van der Waals surface area contributed by atoms with Crippen LogP contribution in [0.25, 0.3) is 0 Å². The van der Waals surface area contributed by atoms with Crippen molar-refractivity contribution < 1.29 is 13.6 Å². The highest BCUT2D eigenvalue weighted by atomic mass is 32.2. The predicted octanol–water partition coefficient (Wildman–Crippen LogP) is 2.03. The van der Waals surface area contributed by atoms with Gasteiger partial charge in [-0.15, -0.1) is 0 Å². The summed E-state index contributed by atoms with van der Waals surface area (Å²) in [4.78, 5) is 11.4. The van der Waals surface area contributed by atoms with Crippen molar-refractivity contribution >= 4 is 16.7 Å². The first-order valence-electron chi connectivity index (χ1n) is 4.03. The number of rotatable bonds is 3. The molecule has 0 spiro atoms. The van der Waals surface area contributed by atoms with Crippen molar-refractivity contribution in [3.05, 3.63) is 35.4 Å². The first kappa shape index (κ1) is 11.2. The van der Waals surface area contributed by atoms with Crippen molar-refractivity contribution in [3.8, 4) is 0 Å². The molecule has 4 heteroatoms. The Balaban J connectivity index is 2.90. The minimum atomic E-state index is -0.777. The maximum absolute atomic E-state index is 13.1. The Morgan fingerprint density at radius 1 is 1.36 bits per heavy atom. The second-order valence-electron chi connectivity index (χ2n) is 3.18. The molecule has 76 valence electrons. The van der Waals surface area contributed by atoms with Gasteiger partial charge >= 0.3 is 0 Å². The molecule has 0 amide bonds. The van der Waals surface area contributed by atoms with Gasteiger partial charge < -0.3 is 0 Å². The van der Waals surface area contributed by atoms with E-state index in [1.165, 1.54) is 6.07 Å². The van der Waals surface area contributed by atoms with Gasteiger partial charge in [-0.3, -0.25) is 4.79 Å². The number of hydrogen-bond donors (Lipinski definition) is 0. The van der Waals surface area contributed by atoms with Crippen LogP contribution in [0.5, 0.6) is 0 Å². The van der Waals surface area contributed by atoms with E-state index >= 15 is 0 Å². The van der Waals surface area contributed by atoms with Crippen LogP contribution in [0.3, 0.4) is 0 Å². The third-order valence-corrected chi connectivity index (χ3v) is 2.49. The fourth-order valence-electron chi connectivity index (χ4n) is 1.06. The topological polar surface area (TPSA) is 17.1 Å². The molecule has 0 fully saturated rings. The molecule has 0 bridgehead atoms. The summed E-state index contributed by atoms with van der Waals surface area (Å²) < 4.78 is 25.6. The molecule has 0 radical (unpaired) electrons. The first-order valence-corrected chi connectivity index (χ1v) is 6.24. The number of halogens is 2. The average Bonchev–Trinajstić information content (AvgIpc) is 2.01.